The molecule has 13 heteroatoms. The summed E-state index contributed by atoms with van der Waals surface area (Å²) in [7, 11) is -3.74. The maximum Gasteiger partial charge on any atom is 0.335 e. The van der Waals surface area contributed by atoms with Crippen LogP contribution in [0.3, 0.4) is 0 Å². The van der Waals surface area contributed by atoms with Gasteiger partial charge in [0, 0.05) is 18.6 Å². The Bertz CT molecular complexity index is 1390. The van der Waals surface area contributed by atoms with Crippen molar-refractivity contribution in [2.75, 3.05) is 18.5 Å². The zero-order valence-electron chi connectivity index (χ0n) is 18.5. The van der Waals surface area contributed by atoms with Crippen LogP contribution in [0.4, 0.5) is 9.52 Å². The van der Waals surface area contributed by atoms with Crippen LogP contribution >= 0.6 is 11.3 Å². The van der Waals surface area contributed by atoms with E-state index >= 15 is 0 Å². The molecule has 10 nitrogen and oxygen atoms in total. The van der Waals surface area contributed by atoms with E-state index in [-0.39, 0.29) is 32.4 Å². The molecule has 2 N–H and O–H groups in total. The minimum absolute atomic E-state index is 0.0872. The highest BCUT2D eigenvalue weighted by Crippen LogP contribution is 2.38. The van der Waals surface area contributed by atoms with Crippen LogP contribution in [0.15, 0.2) is 29.4 Å². The van der Waals surface area contributed by atoms with Crippen LogP contribution in [0, 0.1) is 11.0 Å². The maximum absolute atomic E-state index is 13.4. The molecule has 0 spiro atoms. The highest BCUT2D eigenvalue weighted by molar-refractivity contribution is 7.92. The first-order valence-electron chi connectivity index (χ1n) is 11.2. The number of hydrogen-bond donors (Lipinski definition) is 2. The SMILES string of the molecule is O=C(O)c1cc(S(=O)(=O)C2CC2)c2cnn(C(CC3CCOCC3)C(=O)Nc3ncc(F)s3)c2c1. The van der Waals surface area contributed by atoms with E-state index in [4.69, 9.17) is 4.74 Å². The second-order valence-electron chi connectivity index (χ2n) is 8.81. The van der Waals surface area contributed by atoms with Gasteiger partial charge in [-0.1, -0.05) is 11.3 Å². The van der Waals surface area contributed by atoms with E-state index in [0.717, 1.165) is 25.1 Å². The number of nitrogens with one attached hydrogen (secondary N) is 1. The first-order valence-corrected chi connectivity index (χ1v) is 13.6. The number of aromatic nitrogens is 3. The summed E-state index contributed by atoms with van der Waals surface area (Å²) in [6, 6.07) is 1.60. The van der Waals surface area contributed by atoms with Crippen molar-refractivity contribution in [2.45, 2.75) is 48.3 Å². The Morgan fingerprint density at radius 2 is 1.97 bits per heavy atom. The molecule has 186 valence electrons. The van der Waals surface area contributed by atoms with Crippen LogP contribution in [0.2, 0.25) is 0 Å². The lowest BCUT2D eigenvalue weighted by Crippen LogP contribution is -2.30. The van der Waals surface area contributed by atoms with E-state index in [0.29, 0.717) is 43.8 Å². The average Bonchev–Trinajstić information content (AvgIpc) is 3.51. The minimum Gasteiger partial charge on any atom is -0.478 e. The van der Waals surface area contributed by atoms with Crippen molar-refractivity contribution in [3.8, 4) is 0 Å². The Kier molecular flexibility index (Phi) is 6.32. The number of fused-ring (bicyclic) bond motifs is 1. The van der Waals surface area contributed by atoms with Crippen LogP contribution in [0.5, 0.6) is 0 Å². The molecule has 2 aromatic heterocycles. The number of halogens is 1. The number of carboxylic acids is 1. The Labute approximate surface area is 204 Å². The van der Waals surface area contributed by atoms with Gasteiger partial charge in [0.25, 0.3) is 5.91 Å². The standard InChI is InChI=1S/C22H23FN4O6S2/c23-19-11-24-22(34-19)26-20(28)17(7-12-3-5-33-6-4-12)27-16-8-13(21(29)30)9-18(15(16)10-25-27)35(31,32)14-1-2-14/h8-12,14,17H,1-7H2,(H,29,30)(H,24,26,28). The summed E-state index contributed by atoms with van der Waals surface area (Å²) in [6.07, 6.45) is 5.24. The number of benzene rings is 1. The summed E-state index contributed by atoms with van der Waals surface area (Å²) in [4.78, 5) is 29.0. The molecule has 2 fully saturated rings. The summed E-state index contributed by atoms with van der Waals surface area (Å²) < 4.78 is 46.4. The Morgan fingerprint density at radius 3 is 2.60 bits per heavy atom. The number of nitrogens with zero attached hydrogens (tertiary/aromatic N) is 3. The van der Waals surface area contributed by atoms with Crippen LogP contribution in [-0.2, 0) is 19.4 Å². The smallest absolute Gasteiger partial charge is 0.335 e. The van der Waals surface area contributed by atoms with Crippen molar-refractivity contribution in [3.63, 3.8) is 0 Å². The number of ether oxygens (including phenoxy) is 1. The van der Waals surface area contributed by atoms with Crippen molar-refractivity contribution in [1.82, 2.24) is 14.8 Å². The normalized spacial score (nSPS) is 18.0. The van der Waals surface area contributed by atoms with Crippen molar-refractivity contribution >= 4 is 49.1 Å². The summed E-state index contributed by atoms with van der Waals surface area (Å²) in [5, 5.41) is 15.9. The number of thiazole rings is 1. The second-order valence-corrected chi connectivity index (χ2v) is 12.0. The number of carbonyl (C=O) groups excluding carboxylic acids is 1. The van der Waals surface area contributed by atoms with Crippen molar-refractivity contribution in [2.24, 2.45) is 5.92 Å². The lowest BCUT2D eigenvalue weighted by atomic mass is 9.92. The number of sulfone groups is 1. The van der Waals surface area contributed by atoms with E-state index in [1.807, 2.05) is 0 Å². The molecule has 0 radical (unpaired) electrons. The second kappa shape index (κ2) is 9.28. The zero-order valence-corrected chi connectivity index (χ0v) is 20.1. The Morgan fingerprint density at radius 1 is 1.23 bits per heavy atom. The fourth-order valence-electron chi connectivity index (χ4n) is 4.40. The summed E-state index contributed by atoms with van der Waals surface area (Å²) >= 11 is 0.686. The molecule has 1 aromatic carbocycles. The molecule has 1 atom stereocenters. The lowest BCUT2D eigenvalue weighted by molar-refractivity contribution is -0.120. The number of aromatic carboxylic acids is 1. The van der Waals surface area contributed by atoms with E-state index in [1.54, 1.807) is 0 Å². The summed E-state index contributed by atoms with van der Waals surface area (Å²) in [5.74, 6) is -1.65. The summed E-state index contributed by atoms with van der Waals surface area (Å²) in [6.45, 7) is 1.12. The molecule has 1 unspecified atom stereocenters. The predicted octanol–water partition coefficient (Wildman–Crippen LogP) is 3.26. The topological polar surface area (TPSA) is 140 Å². The van der Waals surface area contributed by atoms with Gasteiger partial charge in [0.2, 0.25) is 0 Å². The quantitative estimate of drug-likeness (QED) is 0.459. The third-order valence-electron chi connectivity index (χ3n) is 6.40. The van der Waals surface area contributed by atoms with Gasteiger partial charge in [0.05, 0.1) is 33.6 Å². The molecular weight excluding hydrogens is 499 g/mol. The highest BCUT2D eigenvalue weighted by atomic mass is 32.2. The summed E-state index contributed by atoms with van der Waals surface area (Å²) in [5.41, 5.74) is 0.0346. The van der Waals surface area contributed by atoms with Gasteiger partial charge in [-0.2, -0.15) is 9.49 Å². The fourth-order valence-corrected chi connectivity index (χ4v) is 6.81. The molecule has 5 rings (SSSR count). The molecule has 3 aromatic rings. The van der Waals surface area contributed by atoms with E-state index in [1.165, 1.54) is 16.9 Å². The molecule has 1 aliphatic heterocycles. The number of hydrogen-bond acceptors (Lipinski definition) is 8. The molecule has 2 aliphatic rings. The van der Waals surface area contributed by atoms with Crippen LogP contribution in [0.25, 0.3) is 10.9 Å². The molecule has 1 saturated heterocycles. The third-order valence-corrected chi connectivity index (χ3v) is 9.40. The van der Waals surface area contributed by atoms with E-state index in [2.05, 4.69) is 15.4 Å². The number of amides is 1. The minimum atomic E-state index is -3.74. The van der Waals surface area contributed by atoms with Gasteiger partial charge in [0.1, 0.15) is 6.04 Å². The van der Waals surface area contributed by atoms with Gasteiger partial charge in [-0.15, -0.1) is 0 Å². The Hall–Kier alpha value is -2.90. The molecular formula is C22H23FN4O6S2. The molecule has 1 aliphatic carbocycles. The molecule has 35 heavy (non-hydrogen) atoms. The molecule has 3 heterocycles. The van der Waals surface area contributed by atoms with Crippen molar-refractivity contribution in [1.29, 1.82) is 0 Å². The number of anilines is 1. The van der Waals surface area contributed by atoms with Gasteiger partial charge in [-0.25, -0.2) is 18.2 Å². The van der Waals surface area contributed by atoms with Gasteiger partial charge in [0.15, 0.2) is 20.1 Å². The van der Waals surface area contributed by atoms with Gasteiger partial charge >= 0.3 is 5.97 Å². The average molecular weight is 523 g/mol. The largest absolute Gasteiger partial charge is 0.478 e. The van der Waals surface area contributed by atoms with Crippen molar-refractivity contribution < 1.29 is 32.2 Å². The number of carbonyl (C=O) groups is 2. The van der Waals surface area contributed by atoms with Crippen molar-refractivity contribution in [3.05, 3.63) is 35.2 Å². The first-order chi connectivity index (χ1) is 16.7. The van der Waals surface area contributed by atoms with E-state index in [9.17, 15) is 27.5 Å². The molecule has 1 saturated carbocycles. The van der Waals surface area contributed by atoms with Gasteiger partial charge < -0.3 is 15.2 Å². The predicted molar refractivity (Wildman–Crippen MR) is 125 cm³/mol. The van der Waals surface area contributed by atoms with Crippen LogP contribution in [-0.4, -0.2) is 58.6 Å². The monoisotopic (exact) mass is 522 g/mol. The first kappa shape index (κ1) is 23.8. The van der Waals surface area contributed by atoms with Crippen LogP contribution < -0.4 is 5.32 Å². The van der Waals surface area contributed by atoms with Crippen LogP contribution in [0.1, 0.15) is 48.5 Å². The molecule has 1 amide bonds. The highest BCUT2D eigenvalue weighted by Gasteiger charge is 2.39. The number of carboxylic acid groups (broad SMARTS) is 1. The van der Waals surface area contributed by atoms with E-state index < -0.39 is 38.1 Å². The number of rotatable bonds is 8. The third kappa shape index (κ3) is 4.80. The van der Waals surface area contributed by atoms with Gasteiger partial charge in [-0.05, 0) is 50.2 Å². The fraction of sp³-hybridized carbons (Fsp3) is 0.455. The zero-order chi connectivity index (χ0) is 24.7. The van der Waals surface area contributed by atoms with Gasteiger partial charge in [-0.3, -0.25) is 9.48 Å². The Balaban J connectivity index is 1.60. The maximum atomic E-state index is 13.4. The lowest BCUT2D eigenvalue weighted by Gasteiger charge is -2.26. The molecule has 0 bridgehead atoms.